The summed E-state index contributed by atoms with van der Waals surface area (Å²) in [5.41, 5.74) is -0.861. The van der Waals surface area contributed by atoms with Gasteiger partial charge in [0.2, 0.25) is 0 Å². The second kappa shape index (κ2) is 7.32. The zero-order chi connectivity index (χ0) is 15.2. The number of amides is 1. The van der Waals surface area contributed by atoms with E-state index in [1.807, 2.05) is 25.7 Å². The van der Waals surface area contributed by atoms with E-state index in [1.54, 1.807) is 18.2 Å². The first-order valence-corrected chi connectivity index (χ1v) is 7.39. The number of allylic oxidation sites excluding steroid dienone is 3. The number of carbonyl (C=O) groups excluding carboxylic acids is 1. The molecule has 0 radical (unpaired) electrons. The highest BCUT2D eigenvalue weighted by Gasteiger charge is 2.42. The average molecular weight is 277 g/mol. The summed E-state index contributed by atoms with van der Waals surface area (Å²) in [6, 6.07) is 0. The summed E-state index contributed by atoms with van der Waals surface area (Å²) in [7, 11) is 0. The molecule has 0 aliphatic carbocycles. The highest BCUT2D eigenvalue weighted by molar-refractivity contribution is 5.85. The van der Waals surface area contributed by atoms with Gasteiger partial charge in [-0.2, -0.15) is 0 Å². The molecule has 1 heterocycles. The first kappa shape index (κ1) is 16.5. The van der Waals surface area contributed by atoms with Gasteiger partial charge >= 0.3 is 0 Å². The zero-order valence-corrected chi connectivity index (χ0v) is 13.0. The summed E-state index contributed by atoms with van der Waals surface area (Å²) in [5, 5.41) is 0. The first-order chi connectivity index (χ1) is 9.45. The van der Waals surface area contributed by atoms with Crippen LogP contribution in [0, 0.1) is 5.92 Å². The Balaban J connectivity index is 2.94. The van der Waals surface area contributed by atoms with Gasteiger partial charge in [0.25, 0.3) is 5.91 Å². The maximum Gasteiger partial charge on any atom is 0.266 e. The number of hydrogen-bond acceptors (Lipinski definition) is 2. The van der Waals surface area contributed by atoms with Gasteiger partial charge in [-0.15, -0.1) is 0 Å². The van der Waals surface area contributed by atoms with Gasteiger partial charge < -0.3 is 9.64 Å². The lowest BCUT2D eigenvalue weighted by molar-refractivity contribution is -0.157. The van der Waals surface area contributed by atoms with Crippen LogP contribution in [0.3, 0.4) is 0 Å². The summed E-state index contributed by atoms with van der Waals surface area (Å²) in [6.45, 7) is 14.9. The van der Waals surface area contributed by atoms with Gasteiger partial charge in [0.05, 0.1) is 0 Å². The zero-order valence-electron chi connectivity index (χ0n) is 13.0. The Morgan fingerprint density at radius 1 is 1.25 bits per heavy atom. The Bertz CT molecular complexity index is 392. The SMILES string of the molecule is C=C/C=C(\C=C)OC(C)(C(=O)N1CCCCC1)C(C)C. The molecule has 0 aromatic heterocycles. The lowest BCUT2D eigenvalue weighted by Crippen LogP contribution is -2.53. The number of nitrogens with zero attached hydrogens (tertiary/aromatic N) is 1. The van der Waals surface area contributed by atoms with Crippen LogP contribution in [-0.4, -0.2) is 29.5 Å². The van der Waals surface area contributed by atoms with Gasteiger partial charge in [0, 0.05) is 19.0 Å². The molecule has 20 heavy (non-hydrogen) atoms. The van der Waals surface area contributed by atoms with Crippen molar-refractivity contribution >= 4 is 5.91 Å². The summed E-state index contributed by atoms with van der Waals surface area (Å²) in [4.78, 5) is 14.8. The van der Waals surface area contributed by atoms with E-state index in [0.717, 1.165) is 25.9 Å². The Kier molecular flexibility index (Phi) is 6.05. The van der Waals surface area contributed by atoms with E-state index in [9.17, 15) is 4.79 Å². The molecule has 0 aromatic rings. The topological polar surface area (TPSA) is 29.5 Å². The molecule has 3 heteroatoms. The van der Waals surface area contributed by atoms with Crippen LogP contribution in [0.1, 0.15) is 40.0 Å². The van der Waals surface area contributed by atoms with Crippen LogP contribution in [-0.2, 0) is 9.53 Å². The number of likely N-dealkylation sites (tertiary alicyclic amines) is 1. The van der Waals surface area contributed by atoms with E-state index < -0.39 is 5.60 Å². The fourth-order valence-electron chi connectivity index (χ4n) is 2.32. The van der Waals surface area contributed by atoms with E-state index in [2.05, 4.69) is 13.2 Å². The summed E-state index contributed by atoms with van der Waals surface area (Å²) in [5.74, 6) is 0.732. The minimum Gasteiger partial charge on any atom is -0.477 e. The Morgan fingerprint density at radius 3 is 2.30 bits per heavy atom. The lowest BCUT2D eigenvalue weighted by Gasteiger charge is -2.39. The van der Waals surface area contributed by atoms with Crippen molar-refractivity contribution in [2.45, 2.75) is 45.6 Å². The van der Waals surface area contributed by atoms with Crippen molar-refractivity contribution in [1.29, 1.82) is 0 Å². The quantitative estimate of drug-likeness (QED) is 0.547. The summed E-state index contributed by atoms with van der Waals surface area (Å²) in [6.07, 6.45) is 8.36. The molecule has 112 valence electrons. The Hall–Kier alpha value is -1.51. The number of hydrogen-bond donors (Lipinski definition) is 0. The lowest BCUT2D eigenvalue weighted by atomic mass is 9.89. The van der Waals surface area contributed by atoms with E-state index in [-0.39, 0.29) is 11.8 Å². The van der Waals surface area contributed by atoms with Crippen LogP contribution in [0.15, 0.2) is 37.1 Å². The number of ether oxygens (including phenoxy) is 1. The minimum absolute atomic E-state index is 0.0732. The van der Waals surface area contributed by atoms with Gasteiger partial charge in [-0.1, -0.05) is 33.1 Å². The second-order valence-electron chi connectivity index (χ2n) is 5.73. The first-order valence-electron chi connectivity index (χ1n) is 7.39. The predicted octanol–water partition coefficient (Wildman–Crippen LogP) is 3.69. The molecule has 0 N–H and O–H groups in total. The maximum absolute atomic E-state index is 12.8. The normalized spacial score (nSPS) is 19.4. The molecule has 1 amide bonds. The number of piperidine rings is 1. The van der Waals surface area contributed by atoms with Crippen LogP contribution in [0.5, 0.6) is 0 Å². The number of rotatable bonds is 6. The van der Waals surface area contributed by atoms with Crippen molar-refractivity contribution < 1.29 is 9.53 Å². The van der Waals surface area contributed by atoms with Gasteiger partial charge in [-0.3, -0.25) is 4.79 Å². The molecule has 1 atom stereocenters. The van der Waals surface area contributed by atoms with Crippen LogP contribution >= 0.6 is 0 Å². The molecule has 0 aromatic carbocycles. The van der Waals surface area contributed by atoms with Crippen LogP contribution in [0.4, 0.5) is 0 Å². The van der Waals surface area contributed by atoms with Crippen molar-refractivity contribution in [1.82, 2.24) is 4.90 Å². The van der Waals surface area contributed by atoms with Crippen molar-refractivity contribution in [2.24, 2.45) is 5.92 Å². The Labute approximate surface area is 123 Å². The van der Waals surface area contributed by atoms with Crippen molar-refractivity contribution in [3.63, 3.8) is 0 Å². The van der Waals surface area contributed by atoms with E-state index in [0.29, 0.717) is 5.76 Å². The largest absolute Gasteiger partial charge is 0.477 e. The third kappa shape index (κ3) is 3.75. The van der Waals surface area contributed by atoms with Crippen LogP contribution in [0.2, 0.25) is 0 Å². The molecule has 0 bridgehead atoms. The smallest absolute Gasteiger partial charge is 0.266 e. The molecule has 1 unspecified atom stereocenters. The van der Waals surface area contributed by atoms with Gasteiger partial charge in [-0.05, 0) is 38.3 Å². The molecule has 1 saturated heterocycles. The molecule has 0 spiro atoms. The van der Waals surface area contributed by atoms with Gasteiger partial charge in [0.15, 0.2) is 5.60 Å². The highest BCUT2D eigenvalue weighted by Crippen LogP contribution is 2.28. The van der Waals surface area contributed by atoms with Crippen LogP contribution < -0.4 is 0 Å². The standard InChI is InChI=1S/C17H27NO2/c1-6-11-15(7-2)20-17(5,14(3)4)16(19)18-12-9-8-10-13-18/h6-7,11,14H,1-2,8-10,12-13H2,3-5H3/b15-11+. The van der Waals surface area contributed by atoms with Crippen molar-refractivity contribution in [3.05, 3.63) is 37.1 Å². The summed E-state index contributed by atoms with van der Waals surface area (Å²) < 4.78 is 5.98. The Morgan fingerprint density at radius 2 is 1.85 bits per heavy atom. The van der Waals surface area contributed by atoms with E-state index in [4.69, 9.17) is 4.74 Å². The monoisotopic (exact) mass is 277 g/mol. The molecule has 1 rings (SSSR count). The summed E-state index contributed by atoms with van der Waals surface area (Å²) >= 11 is 0. The van der Waals surface area contributed by atoms with Gasteiger partial charge in [0.1, 0.15) is 5.76 Å². The molecule has 0 saturated carbocycles. The minimum atomic E-state index is -0.861. The highest BCUT2D eigenvalue weighted by atomic mass is 16.5. The van der Waals surface area contributed by atoms with Crippen molar-refractivity contribution in [2.75, 3.05) is 13.1 Å². The molecule has 1 aliphatic rings. The van der Waals surface area contributed by atoms with E-state index >= 15 is 0 Å². The molecule has 3 nitrogen and oxygen atoms in total. The molecular weight excluding hydrogens is 250 g/mol. The number of carbonyl (C=O) groups is 1. The third-order valence-electron chi connectivity index (χ3n) is 3.98. The molecular formula is C17H27NO2. The predicted molar refractivity (Wildman–Crippen MR) is 83.2 cm³/mol. The van der Waals surface area contributed by atoms with E-state index in [1.165, 1.54) is 6.42 Å². The van der Waals surface area contributed by atoms with Crippen molar-refractivity contribution in [3.8, 4) is 0 Å². The van der Waals surface area contributed by atoms with Gasteiger partial charge in [-0.25, -0.2) is 0 Å². The molecule has 1 fully saturated rings. The second-order valence-corrected chi connectivity index (χ2v) is 5.73. The third-order valence-corrected chi connectivity index (χ3v) is 3.98. The average Bonchev–Trinajstić information content (AvgIpc) is 2.46. The fraction of sp³-hybridized carbons (Fsp3) is 0.588. The maximum atomic E-state index is 12.8. The van der Waals surface area contributed by atoms with Crippen LogP contribution in [0.25, 0.3) is 0 Å². The molecule has 1 aliphatic heterocycles. The fourth-order valence-corrected chi connectivity index (χ4v) is 2.32.